The first kappa shape index (κ1) is 20.5. The summed E-state index contributed by atoms with van der Waals surface area (Å²) in [6, 6.07) is 19.9. The number of guanidine groups is 1. The maximum atomic E-state index is 12.3. The first-order valence-corrected chi connectivity index (χ1v) is 11.1. The summed E-state index contributed by atoms with van der Waals surface area (Å²) in [5.41, 5.74) is 0. The molecular weight excluding hydrogens is 362 g/mol. The van der Waals surface area contributed by atoms with E-state index in [-0.39, 0.29) is 0 Å². The minimum atomic E-state index is -0.992. The lowest BCUT2D eigenvalue weighted by Gasteiger charge is -2.13. The Balaban J connectivity index is 1.79. The molecule has 0 aliphatic rings. The summed E-state index contributed by atoms with van der Waals surface area (Å²) < 4.78 is 12.3. The molecule has 0 heterocycles. The molecule has 140 valence electrons. The maximum absolute atomic E-state index is 12.3. The van der Waals surface area contributed by atoms with Crippen LogP contribution in [0.1, 0.15) is 13.8 Å². The molecule has 0 aromatic heterocycles. The monoisotopic (exact) mass is 389 g/mol. The van der Waals surface area contributed by atoms with Crippen LogP contribution in [0, 0.1) is 0 Å². The zero-order valence-electron chi connectivity index (χ0n) is 15.4. The van der Waals surface area contributed by atoms with Gasteiger partial charge in [-0.15, -0.1) is 11.8 Å². The van der Waals surface area contributed by atoms with Crippen molar-refractivity contribution in [3.63, 3.8) is 0 Å². The van der Waals surface area contributed by atoms with Crippen LogP contribution in [0.5, 0.6) is 0 Å². The van der Waals surface area contributed by atoms with E-state index >= 15 is 0 Å². The van der Waals surface area contributed by atoms with E-state index in [4.69, 9.17) is 0 Å². The zero-order chi connectivity index (χ0) is 18.6. The third kappa shape index (κ3) is 7.62. The van der Waals surface area contributed by atoms with Gasteiger partial charge in [-0.25, -0.2) is 0 Å². The van der Waals surface area contributed by atoms with E-state index in [2.05, 4.69) is 46.8 Å². The second kappa shape index (κ2) is 11.8. The van der Waals surface area contributed by atoms with Crippen molar-refractivity contribution in [1.82, 2.24) is 10.6 Å². The van der Waals surface area contributed by atoms with E-state index in [0.29, 0.717) is 17.5 Å². The molecule has 0 aliphatic carbocycles. The lowest BCUT2D eigenvalue weighted by Crippen LogP contribution is -2.39. The second-order valence-electron chi connectivity index (χ2n) is 5.75. The molecule has 4 nitrogen and oxygen atoms in total. The summed E-state index contributed by atoms with van der Waals surface area (Å²) in [7, 11) is -0.992. The number of nitrogens with zero attached hydrogens (tertiary/aromatic N) is 1. The standard InChI is InChI=1S/C20H27N3OS2/c1-3-21-20(22-14-15-26(24)19-12-8-5-9-13-19)23-16-17(2)25-18-10-6-4-7-11-18/h4-13,17H,3,14-16H2,1-2H3,(H2,21,22,23). The van der Waals surface area contributed by atoms with Crippen LogP contribution >= 0.6 is 11.8 Å². The third-order valence-electron chi connectivity index (χ3n) is 3.52. The fourth-order valence-electron chi connectivity index (χ4n) is 2.28. The van der Waals surface area contributed by atoms with E-state index in [1.54, 1.807) is 0 Å². The number of aliphatic imine (C=N–C) groups is 1. The Morgan fingerprint density at radius 3 is 2.38 bits per heavy atom. The van der Waals surface area contributed by atoms with Crippen LogP contribution in [0.25, 0.3) is 0 Å². The van der Waals surface area contributed by atoms with Gasteiger partial charge < -0.3 is 10.6 Å². The van der Waals surface area contributed by atoms with Crippen molar-refractivity contribution in [1.29, 1.82) is 0 Å². The lowest BCUT2D eigenvalue weighted by atomic mass is 10.4. The van der Waals surface area contributed by atoms with Gasteiger partial charge in [0.15, 0.2) is 5.96 Å². The molecule has 0 bridgehead atoms. The molecule has 0 fully saturated rings. The number of hydrogen-bond donors (Lipinski definition) is 2. The van der Waals surface area contributed by atoms with Crippen molar-refractivity contribution in [3.05, 3.63) is 60.7 Å². The van der Waals surface area contributed by atoms with E-state index in [1.807, 2.05) is 55.1 Å². The summed E-state index contributed by atoms with van der Waals surface area (Å²) in [5, 5.41) is 6.90. The quantitative estimate of drug-likeness (QED) is 0.391. The fraction of sp³-hybridized carbons (Fsp3) is 0.350. The molecule has 2 rings (SSSR count). The van der Waals surface area contributed by atoms with Crippen molar-refractivity contribution < 1.29 is 4.21 Å². The molecular formula is C20H27N3OS2. The minimum Gasteiger partial charge on any atom is -0.357 e. The predicted octanol–water partition coefficient (Wildman–Crippen LogP) is 3.53. The predicted molar refractivity (Wildman–Crippen MR) is 113 cm³/mol. The third-order valence-corrected chi connectivity index (χ3v) is 5.99. The fourth-order valence-corrected chi connectivity index (χ4v) is 4.19. The molecule has 0 spiro atoms. The van der Waals surface area contributed by atoms with Crippen molar-refractivity contribution in [2.75, 3.05) is 25.4 Å². The van der Waals surface area contributed by atoms with Crippen LogP contribution in [-0.2, 0) is 10.8 Å². The highest BCUT2D eigenvalue weighted by molar-refractivity contribution is 8.00. The van der Waals surface area contributed by atoms with Crippen LogP contribution in [0.4, 0.5) is 0 Å². The Hall–Kier alpha value is -1.79. The van der Waals surface area contributed by atoms with Crippen LogP contribution in [-0.4, -0.2) is 40.8 Å². The molecule has 2 N–H and O–H groups in total. The van der Waals surface area contributed by atoms with E-state index in [9.17, 15) is 4.21 Å². The number of thioether (sulfide) groups is 1. The number of hydrogen-bond acceptors (Lipinski definition) is 3. The molecule has 0 radical (unpaired) electrons. The average Bonchev–Trinajstić information content (AvgIpc) is 2.67. The lowest BCUT2D eigenvalue weighted by molar-refractivity contribution is 0.681. The van der Waals surface area contributed by atoms with E-state index in [0.717, 1.165) is 23.9 Å². The number of benzene rings is 2. The molecule has 2 atom stereocenters. The van der Waals surface area contributed by atoms with Crippen molar-refractivity contribution in [3.8, 4) is 0 Å². The van der Waals surface area contributed by atoms with Gasteiger partial charge in [-0.1, -0.05) is 43.3 Å². The molecule has 2 unspecified atom stereocenters. The number of rotatable bonds is 9. The summed E-state index contributed by atoms with van der Waals surface area (Å²) in [4.78, 5) is 6.77. The van der Waals surface area contributed by atoms with E-state index in [1.165, 1.54) is 4.90 Å². The van der Waals surface area contributed by atoms with Crippen molar-refractivity contribution in [2.24, 2.45) is 4.99 Å². The van der Waals surface area contributed by atoms with Crippen molar-refractivity contribution in [2.45, 2.75) is 28.9 Å². The SMILES string of the molecule is CCNC(=NCC(C)Sc1ccccc1)NCCS(=O)c1ccccc1. The smallest absolute Gasteiger partial charge is 0.191 e. The molecule has 0 aliphatic heterocycles. The highest BCUT2D eigenvalue weighted by Gasteiger charge is 2.06. The molecule has 0 saturated heterocycles. The molecule has 26 heavy (non-hydrogen) atoms. The van der Waals surface area contributed by atoms with Crippen molar-refractivity contribution >= 4 is 28.5 Å². The van der Waals surface area contributed by atoms with Gasteiger partial charge in [-0.3, -0.25) is 9.20 Å². The average molecular weight is 390 g/mol. The van der Waals surface area contributed by atoms with Gasteiger partial charge in [0.1, 0.15) is 0 Å². The van der Waals surface area contributed by atoms with Gasteiger partial charge in [0, 0.05) is 33.9 Å². The van der Waals surface area contributed by atoms with Gasteiger partial charge in [0.05, 0.1) is 17.3 Å². The Labute approximate surface area is 163 Å². The Kier molecular flexibility index (Phi) is 9.28. The van der Waals surface area contributed by atoms with Gasteiger partial charge in [-0.2, -0.15) is 0 Å². The van der Waals surface area contributed by atoms with E-state index < -0.39 is 10.8 Å². The highest BCUT2D eigenvalue weighted by Crippen LogP contribution is 2.22. The highest BCUT2D eigenvalue weighted by atomic mass is 32.2. The summed E-state index contributed by atoms with van der Waals surface area (Å²) in [6.07, 6.45) is 0. The van der Waals surface area contributed by atoms with Gasteiger partial charge in [0.25, 0.3) is 0 Å². The first-order valence-electron chi connectivity index (χ1n) is 8.86. The van der Waals surface area contributed by atoms with Crippen LogP contribution in [0.3, 0.4) is 0 Å². The largest absolute Gasteiger partial charge is 0.357 e. The molecule has 0 amide bonds. The van der Waals surface area contributed by atoms with Gasteiger partial charge >= 0.3 is 0 Å². The molecule has 2 aromatic rings. The summed E-state index contributed by atoms with van der Waals surface area (Å²) in [5.74, 6) is 1.33. The minimum absolute atomic E-state index is 0.381. The molecule has 6 heteroatoms. The topological polar surface area (TPSA) is 53.5 Å². The van der Waals surface area contributed by atoms with Gasteiger partial charge in [0.2, 0.25) is 0 Å². The van der Waals surface area contributed by atoms with Gasteiger partial charge in [-0.05, 0) is 31.2 Å². The molecule has 2 aromatic carbocycles. The van der Waals surface area contributed by atoms with Crippen LogP contribution < -0.4 is 10.6 Å². The van der Waals surface area contributed by atoms with Crippen LogP contribution in [0.15, 0.2) is 75.4 Å². The first-order chi connectivity index (χ1) is 12.7. The second-order valence-corrected chi connectivity index (χ2v) is 8.83. The number of nitrogens with one attached hydrogen (secondary N) is 2. The Morgan fingerprint density at radius 1 is 1.08 bits per heavy atom. The Bertz CT molecular complexity index is 693. The Morgan fingerprint density at radius 2 is 1.73 bits per heavy atom. The zero-order valence-corrected chi connectivity index (χ0v) is 17.0. The summed E-state index contributed by atoms with van der Waals surface area (Å²) >= 11 is 1.82. The normalized spacial score (nSPS) is 13.8. The summed E-state index contributed by atoms with van der Waals surface area (Å²) in [6.45, 7) is 6.36. The molecule has 0 saturated carbocycles. The van der Waals surface area contributed by atoms with Crippen LogP contribution in [0.2, 0.25) is 0 Å². The maximum Gasteiger partial charge on any atom is 0.191 e.